The molecule has 1 aliphatic heterocycles. The van der Waals surface area contributed by atoms with Crippen LogP contribution in [0.4, 0.5) is 4.39 Å². The number of carbonyl (C=O) groups is 2. The van der Waals surface area contributed by atoms with E-state index in [0.29, 0.717) is 24.3 Å². The molecule has 6 nitrogen and oxygen atoms in total. The Labute approximate surface area is 153 Å². The number of likely N-dealkylation sites (N-methyl/N-ethyl adjacent to an activating group) is 1. The molecule has 0 radical (unpaired) electrons. The molecule has 1 aromatic carbocycles. The molecule has 7 heteroatoms. The fraction of sp³-hybridized carbons (Fsp3) is 0.579. The fourth-order valence-electron chi connectivity index (χ4n) is 3.19. The zero-order chi connectivity index (χ0) is 19.4. The van der Waals surface area contributed by atoms with Gasteiger partial charge in [-0.05, 0) is 25.3 Å². The van der Waals surface area contributed by atoms with E-state index in [9.17, 15) is 14.0 Å². The van der Waals surface area contributed by atoms with E-state index in [2.05, 4.69) is 0 Å². The summed E-state index contributed by atoms with van der Waals surface area (Å²) >= 11 is 0. The van der Waals surface area contributed by atoms with Gasteiger partial charge < -0.3 is 19.3 Å². The molecule has 26 heavy (non-hydrogen) atoms. The molecule has 1 saturated heterocycles. The maximum Gasteiger partial charge on any atom is 0.245 e. The first-order valence-electron chi connectivity index (χ1n) is 8.80. The lowest BCUT2D eigenvalue weighted by molar-refractivity contribution is -0.157. The van der Waals surface area contributed by atoms with E-state index in [0.717, 1.165) is 0 Å². The average Bonchev–Trinajstić information content (AvgIpc) is 2.61. The number of hydrogen-bond donors (Lipinski definition) is 0. The first-order chi connectivity index (χ1) is 12.3. The van der Waals surface area contributed by atoms with Gasteiger partial charge in [-0.15, -0.1) is 0 Å². The molecule has 1 heterocycles. The summed E-state index contributed by atoms with van der Waals surface area (Å²) in [6.45, 7) is 6.37. The predicted octanol–water partition coefficient (Wildman–Crippen LogP) is 2.45. The van der Waals surface area contributed by atoms with Gasteiger partial charge in [-0.1, -0.05) is 13.8 Å². The van der Waals surface area contributed by atoms with Crippen molar-refractivity contribution in [3.05, 3.63) is 23.5 Å². The Hall–Kier alpha value is -2.31. The van der Waals surface area contributed by atoms with Crippen molar-refractivity contribution in [1.82, 2.24) is 9.80 Å². The molecule has 0 spiro atoms. The molecule has 0 unspecified atom stereocenters. The Morgan fingerprint density at radius 2 is 1.81 bits per heavy atom. The van der Waals surface area contributed by atoms with E-state index in [4.69, 9.17) is 9.47 Å². The Balaban J connectivity index is 2.35. The second-order valence-corrected chi connectivity index (χ2v) is 6.82. The summed E-state index contributed by atoms with van der Waals surface area (Å²) in [5.41, 5.74) is 0.294. The topological polar surface area (TPSA) is 59.1 Å². The number of benzene rings is 1. The predicted molar refractivity (Wildman–Crippen MR) is 95.6 cm³/mol. The molecule has 1 atom stereocenters. The summed E-state index contributed by atoms with van der Waals surface area (Å²) in [6.07, 6.45) is 0.538. The third kappa shape index (κ3) is 4.08. The summed E-state index contributed by atoms with van der Waals surface area (Å²) in [6, 6.07) is 2.17. The number of piperazine rings is 1. The standard InChI is InChI=1S/C19H27FN2O4/c1-6-21-11-18(23)22(15(19(21)24)7-12(2)3)10-13-8-16(25-4)17(26-5)9-14(13)20/h8-9,12,15H,6-7,10-11H2,1-5H3/t15-/m0/s1. The molecule has 1 aromatic rings. The van der Waals surface area contributed by atoms with Crippen molar-refractivity contribution < 1.29 is 23.5 Å². The lowest BCUT2D eigenvalue weighted by Gasteiger charge is -2.40. The minimum atomic E-state index is -0.580. The quantitative estimate of drug-likeness (QED) is 0.744. The second-order valence-electron chi connectivity index (χ2n) is 6.82. The van der Waals surface area contributed by atoms with Gasteiger partial charge in [0.05, 0.1) is 20.8 Å². The molecule has 144 valence electrons. The van der Waals surface area contributed by atoms with Crippen molar-refractivity contribution in [2.24, 2.45) is 5.92 Å². The summed E-state index contributed by atoms with van der Waals surface area (Å²) in [7, 11) is 2.90. The van der Waals surface area contributed by atoms with Crippen molar-refractivity contribution >= 4 is 11.8 Å². The lowest BCUT2D eigenvalue weighted by Crippen LogP contribution is -2.59. The highest BCUT2D eigenvalue weighted by molar-refractivity contribution is 5.94. The van der Waals surface area contributed by atoms with E-state index in [1.807, 2.05) is 20.8 Å². The van der Waals surface area contributed by atoms with Crippen LogP contribution in [0.5, 0.6) is 11.5 Å². The third-order valence-corrected chi connectivity index (χ3v) is 4.59. The number of halogens is 1. The summed E-state index contributed by atoms with van der Waals surface area (Å²) < 4.78 is 24.8. The maximum atomic E-state index is 14.5. The average molecular weight is 366 g/mol. The van der Waals surface area contributed by atoms with Gasteiger partial charge in [0.15, 0.2) is 11.5 Å². The highest BCUT2D eigenvalue weighted by Crippen LogP contribution is 2.31. The van der Waals surface area contributed by atoms with Crippen molar-refractivity contribution in [1.29, 1.82) is 0 Å². The largest absolute Gasteiger partial charge is 0.493 e. The number of nitrogens with zero attached hydrogens (tertiary/aromatic N) is 2. The number of hydrogen-bond acceptors (Lipinski definition) is 4. The van der Waals surface area contributed by atoms with Crippen LogP contribution in [-0.4, -0.2) is 55.0 Å². The van der Waals surface area contributed by atoms with Crippen LogP contribution in [0.15, 0.2) is 12.1 Å². The number of ether oxygens (including phenoxy) is 2. The molecule has 0 bridgehead atoms. The van der Waals surface area contributed by atoms with Crippen molar-refractivity contribution in [2.75, 3.05) is 27.3 Å². The van der Waals surface area contributed by atoms with Crippen molar-refractivity contribution in [3.8, 4) is 11.5 Å². The Kier molecular flexibility index (Phi) is 6.45. The zero-order valence-electron chi connectivity index (χ0n) is 16.0. The van der Waals surface area contributed by atoms with Gasteiger partial charge in [0, 0.05) is 24.7 Å². The van der Waals surface area contributed by atoms with Gasteiger partial charge in [-0.25, -0.2) is 4.39 Å². The molecule has 1 fully saturated rings. The van der Waals surface area contributed by atoms with E-state index < -0.39 is 11.9 Å². The lowest BCUT2D eigenvalue weighted by atomic mass is 9.98. The minimum Gasteiger partial charge on any atom is -0.493 e. The monoisotopic (exact) mass is 366 g/mol. The van der Waals surface area contributed by atoms with E-state index >= 15 is 0 Å². The van der Waals surface area contributed by atoms with E-state index in [1.165, 1.54) is 31.3 Å². The van der Waals surface area contributed by atoms with Crippen LogP contribution in [-0.2, 0) is 16.1 Å². The molecular formula is C19H27FN2O4. The van der Waals surface area contributed by atoms with Crippen LogP contribution >= 0.6 is 0 Å². The summed E-state index contributed by atoms with van der Waals surface area (Å²) in [4.78, 5) is 28.4. The van der Waals surface area contributed by atoms with Crippen LogP contribution in [0, 0.1) is 11.7 Å². The Morgan fingerprint density at radius 1 is 1.19 bits per heavy atom. The van der Waals surface area contributed by atoms with Gasteiger partial charge in [0.1, 0.15) is 11.9 Å². The highest BCUT2D eigenvalue weighted by Gasteiger charge is 2.39. The van der Waals surface area contributed by atoms with Crippen molar-refractivity contribution in [3.63, 3.8) is 0 Å². The molecular weight excluding hydrogens is 339 g/mol. The summed E-state index contributed by atoms with van der Waals surface area (Å²) in [5.74, 6) is 0.143. The molecule has 2 rings (SSSR count). The molecule has 0 aromatic heterocycles. The third-order valence-electron chi connectivity index (χ3n) is 4.59. The number of methoxy groups -OCH3 is 2. The molecule has 0 N–H and O–H groups in total. The maximum absolute atomic E-state index is 14.5. The van der Waals surface area contributed by atoms with Crippen molar-refractivity contribution in [2.45, 2.75) is 39.8 Å². The molecule has 2 amide bonds. The second kappa shape index (κ2) is 8.38. The van der Waals surface area contributed by atoms with Crippen LogP contribution in [0.25, 0.3) is 0 Å². The van der Waals surface area contributed by atoms with Crippen LogP contribution in [0.3, 0.4) is 0 Å². The summed E-state index contributed by atoms with van der Waals surface area (Å²) in [5, 5.41) is 0. The van der Waals surface area contributed by atoms with Gasteiger partial charge >= 0.3 is 0 Å². The zero-order valence-corrected chi connectivity index (χ0v) is 16.0. The first kappa shape index (κ1) is 20.0. The highest BCUT2D eigenvalue weighted by atomic mass is 19.1. The molecule has 0 aliphatic carbocycles. The Morgan fingerprint density at radius 3 is 2.35 bits per heavy atom. The molecule has 1 aliphatic rings. The van der Waals surface area contributed by atoms with Gasteiger partial charge in [-0.3, -0.25) is 9.59 Å². The smallest absolute Gasteiger partial charge is 0.245 e. The minimum absolute atomic E-state index is 0.0195. The molecule has 0 saturated carbocycles. The van der Waals surface area contributed by atoms with Crippen LogP contribution < -0.4 is 9.47 Å². The first-order valence-corrected chi connectivity index (χ1v) is 8.80. The number of rotatable bonds is 7. The van der Waals surface area contributed by atoms with E-state index in [1.54, 1.807) is 4.90 Å². The van der Waals surface area contributed by atoms with Gasteiger partial charge in [0.2, 0.25) is 11.8 Å². The fourth-order valence-corrected chi connectivity index (χ4v) is 3.19. The normalized spacial score (nSPS) is 17.9. The number of carbonyl (C=O) groups excluding carboxylic acids is 2. The number of amides is 2. The van der Waals surface area contributed by atoms with Gasteiger partial charge in [-0.2, -0.15) is 0 Å². The van der Waals surface area contributed by atoms with Crippen LogP contribution in [0.1, 0.15) is 32.8 Å². The SMILES string of the molecule is CCN1CC(=O)N(Cc2cc(OC)c(OC)cc2F)[C@@H](CC(C)C)C1=O. The van der Waals surface area contributed by atoms with Crippen LogP contribution in [0.2, 0.25) is 0 Å². The van der Waals surface area contributed by atoms with Gasteiger partial charge in [0.25, 0.3) is 0 Å². The van der Waals surface area contributed by atoms with E-state index in [-0.39, 0.29) is 36.6 Å². The Bertz CT molecular complexity index is 678.